The van der Waals surface area contributed by atoms with E-state index in [1.807, 2.05) is 91.9 Å². The van der Waals surface area contributed by atoms with Crippen molar-refractivity contribution in [3.8, 4) is 0 Å². The van der Waals surface area contributed by atoms with Gasteiger partial charge in [-0.25, -0.2) is 9.59 Å². The Balaban J connectivity index is 1.64. The van der Waals surface area contributed by atoms with Gasteiger partial charge in [0, 0.05) is 19.8 Å². The first-order valence-electron chi connectivity index (χ1n) is 12.4. The van der Waals surface area contributed by atoms with Crippen LogP contribution >= 0.6 is 11.8 Å². The second-order valence-electron chi connectivity index (χ2n) is 10.3. The van der Waals surface area contributed by atoms with E-state index < -0.39 is 35.2 Å². The predicted octanol–water partition coefficient (Wildman–Crippen LogP) is 4.46. The van der Waals surface area contributed by atoms with Gasteiger partial charge in [0.25, 0.3) is 5.91 Å². The molecule has 2 heterocycles. The summed E-state index contributed by atoms with van der Waals surface area (Å²) >= 11 is 1.48. The van der Waals surface area contributed by atoms with Gasteiger partial charge in [0.2, 0.25) is 0 Å². The molecule has 200 valence electrons. The Hall–Kier alpha value is -3.72. The Bertz CT molecular complexity index is 1200. The number of β-lactam (4-membered cyclic amide) rings is 1. The van der Waals surface area contributed by atoms with Gasteiger partial charge in [0.05, 0.1) is 0 Å². The second kappa shape index (κ2) is 11.3. The first kappa shape index (κ1) is 27.3. The summed E-state index contributed by atoms with van der Waals surface area (Å²) in [5.74, 6) is -0.515. The fourth-order valence-electron chi connectivity index (χ4n) is 4.18. The number of allylic oxidation sites excluding steroid dienone is 1. The molecule has 2 aromatic rings. The molecule has 0 saturated carbocycles. The van der Waals surface area contributed by atoms with E-state index in [-0.39, 0.29) is 11.6 Å². The predicted molar refractivity (Wildman–Crippen MR) is 147 cm³/mol. The quantitative estimate of drug-likeness (QED) is 0.414. The summed E-state index contributed by atoms with van der Waals surface area (Å²) in [5.41, 5.74) is 1.81. The smallest absolute Gasteiger partial charge is 0.408 e. The number of carbonyl (C=O) groups excluding carboxylic acids is 3. The molecule has 2 amide bonds. The lowest BCUT2D eigenvalue weighted by Gasteiger charge is -2.49. The number of hydrogen-bond acceptors (Lipinski definition) is 7. The van der Waals surface area contributed by atoms with E-state index in [0.29, 0.717) is 11.3 Å². The number of alkyl carbamates (subject to hydrolysis) is 1. The number of rotatable bonds is 7. The highest BCUT2D eigenvalue weighted by atomic mass is 32.2. The van der Waals surface area contributed by atoms with Crippen LogP contribution in [0.2, 0.25) is 0 Å². The van der Waals surface area contributed by atoms with E-state index in [1.165, 1.54) is 16.7 Å². The molecule has 0 aromatic heterocycles. The highest BCUT2D eigenvalue weighted by Crippen LogP contribution is 2.42. The average Bonchev–Trinajstić information content (AvgIpc) is 2.88. The summed E-state index contributed by atoms with van der Waals surface area (Å²) in [4.78, 5) is 42.8. The maximum absolute atomic E-state index is 13.8. The van der Waals surface area contributed by atoms with Crippen molar-refractivity contribution < 1.29 is 23.9 Å². The third kappa shape index (κ3) is 6.22. The molecule has 8 nitrogen and oxygen atoms in total. The van der Waals surface area contributed by atoms with E-state index in [0.717, 1.165) is 11.1 Å². The summed E-state index contributed by atoms with van der Waals surface area (Å²) in [6.45, 7) is 5.27. The summed E-state index contributed by atoms with van der Waals surface area (Å²) < 4.78 is 11.5. The van der Waals surface area contributed by atoms with Crippen molar-refractivity contribution in [3.05, 3.63) is 95.3 Å². The third-order valence-electron chi connectivity index (χ3n) is 5.87. The molecular weight excluding hydrogens is 502 g/mol. The van der Waals surface area contributed by atoms with E-state index >= 15 is 0 Å². The van der Waals surface area contributed by atoms with Crippen molar-refractivity contribution in [1.82, 2.24) is 15.1 Å². The molecule has 0 spiro atoms. The topological polar surface area (TPSA) is 88.2 Å². The van der Waals surface area contributed by atoms with Crippen LogP contribution in [0.3, 0.4) is 0 Å². The SMILES string of the molecule is CN(C)/C=C/C1=C(C(=O)OC(c2ccccc2)c2ccccc2)N2C(=O)C(NC(=O)OC(C)(C)C)C2SC1. The molecule has 38 heavy (non-hydrogen) atoms. The van der Waals surface area contributed by atoms with E-state index in [9.17, 15) is 14.4 Å². The molecule has 2 atom stereocenters. The first-order valence-corrected chi connectivity index (χ1v) is 13.4. The minimum atomic E-state index is -0.795. The van der Waals surface area contributed by atoms with Gasteiger partial charge < -0.3 is 19.7 Å². The van der Waals surface area contributed by atoms with Crippen LogP contribution in [0.15, 0.2) is 84.2 Å². The van der Waals surface area contributed by atoms with Crippen molar-refractivity contribution in [2.75, 3.05) is 19.8 Å². The molecular formula is C29H33N3O5S. The molecule has 0 bridgehead atoms. The molecule has 2 aromatic carbocycles. The van der Waals surface area contributed by atoms with Crippen molar-refractivity contribution in [3.63, 3.8) is 0 Å². The highest BCUT2D eigenvalue weighted by molar-refractivity contribution is 8.00. The molecule has 1 N–H and O–H groups in total. The Labute approximate surface area is 227 Å². The van der Waals surface area contributed by atoms with Gasteiger partial charge in [-0.1, -0.05) is 60.7 Å². The minimum Gasteiger partial charge on any atom is -0.448 e. The Morgan fingerprint density at radius 1 is 1.05 bits per heavy atom. The van der Waals surface area contributed by atoms with Gasteiger partial charge in [-0.15, -0.1) is 11.8 Å². The van der Waals surface area contributed by atoms with Gasteiger partial charge in [-0.05, 0) is 49.7 Å². The Kier molecular flexibility index (Phi) is 8.16. The fraction of sp³-hybridized carbons (Fsp3) is 0.345. The standard InChI is InChI=1S/C29H33N3O5S/c1-29(2,3)37-28(35)30-22-25(33)32-23(21(16-17-31(4)5)18-38-26(22)32)27(34)36-24(19-12-8-6-9-13-19)20-14-10-7-11-15-20/h6-17,22,24,26H,18H2,1-5H3,(H,30,35)/b17-16+. The third-order valence-corrected chi connectivity index (χ3v) is 7.17. The molecule has 1 fully saturated rings. The summed E-state index contributed by atoms with van der Waals surface area (Å²) in [7, 11) is 3.76. The monoisotopic (exact) mass is 535 g/mol. The van der Waals surface area contributed by atoms with Crippen LogP contribution in [-0.2, 0) is 19.1 Å². The zero-order valence-electron chi connectivity index (χ0n) is 22.2. The van der Waals surface area contributed by atoms with Crippen molar-refractivity contribution in [2.45, 2.75) is 43.9 Å². The maximum Gasteiger partial charge on any atom is 0.408 e. The van der Waals surface area contributed by atoms with Crippen molar-refractivity contribution in [1.29, 1.82) is 0 Å². The van der Waals surface area contributed by atoms with Crippen LogP contribution < -0.4 is 5.32 Å². The van der Waals surface area contributed by atoms with Crippen LogP contribution in [0.4, 0.5) is 4.79 Å². The first-order chi connectivity index (χ1) is 18.0. The van der Waals surface area contributed by atoms with Gasteiger partial charge >= 0.3 is 12.1 Å². The van der Waals surface area contributed by atoms with Gasteiger partial charge in [0.1, 0.15) is 22.7 Å². The zero-order chi connectivity index (χ0) is 27.4. The van der Waals surface area contributed by atoms with Gasteiger partial charge in [0.15, 0.2) is 6.10 Å². The molecule has 2 unspecified atom stereocenters. The lowest BCUT2D eigenvalue weighted by Crippen LogP contribution is -2.70. The Morgan fingerprint density at radius 2 is 1.63 bits per heavy atom. The molecule has 1 saturated heterocycles. The van der Waals surface area contributed by atoms with Crippen LogP contribution in [0.25, 0.3) is 0 Å². The van der Waals surface area contributed by atoms with Crippen LogP contribution in [0, 0.1) is 0 Å². The second-order valence-corrected chi connectivity index (χ2v) is 11.4. The molecule has 0 aliphatic carbocycles. The molecule has 9 heteroatoms. The number of esters is 1. The van der Waals surface area contributed by atoms with Gasteiger partial charge in [-0.3, -0.25) is 9.69 Å². The normalized spacial score (nSPS) is 19.2. The number of benzene rings is 2. The Morgan fingerprint density at radius 3 is 2.16 bits per heavy atom. The van der Waals surface area contributed by atoms with Crippen LogP contribution in [0.1, 0.15) is 38.0 Å². The maximum atomic E-state index is 13.8. The molecule has 2 aliphatic rings. The average molecular weight is 536 g/mol. The number of hydrogen-bond donors (Lipinski definition) is 1. The number of ether oxygens (including phenoxy) is 2. The fourth-order valence-corrected chi connectivity index (χ4v) is 5.50. The van der Waals surface area contributed by atoms with E-state index in [2.05, 4.69) is 5.32 Å². The van der Waals surface area contributed by atoms with E-state index in [4.69, 9.17) is 9.47 Å². The number of nitrogens with zero attached hydrogens (tertiary/aromatic N) is 2. The van der Waals surface area contributed by atoms with E-state index in [1.54, 1.807) is 20.8 Å². The number of carbonyl (C=O) groups is 3. The molecule has 0 radical (unpaired) electrons. The number of thioether (sulfide) groups is 1. The molecule has 2 aliphatic heterocycles. The lowest BCUT2D eigenvalue weighted by atomic mass is 10.0. The zero-order valence-corrected chi connectivity index (χ0v) is 23.0. The summed E-state index contributed by atoms with van der Waals surface area (Å²) in [5, 5.41) is 2.22. The van der Waals surface area contributed by atoms with Crippen molar-refractivity contribution in [2.24, 2.45) is 0 Å². The summed E-state index contributed by atoms with van der Waals surface area (Å²) in [6, 6.07) is 18.2. The largest absolute Gasteiger partial charge is 0.448 e. The lowest BCUT2D eigenvalue weighted by molar-refractivity contribution is -0.153. The minimum absolute atomic E-state index is 0.191. The number of nitrogens with one attached hydrogen (secondary N) is 1. The highest BCUT2D eigenvalue weighted by Gasteiger charge is 2.54. The number of amides is 2. The van der Waals surface area contributed by atoms with Crippen LogP contribution in [-0.4, -0.2) is 64.6 Å². The number of fused-ring (bicyclic) bond motifs is 1. The molecule has 4 rings (SSSR count). The van der Waals surface area contributed by atoms with Gasteiger partial charge in [-0.2, -0.15) is 0 Å². The summed E-state index contributed by atoms with van der Waals surface area (Å²) in [6.07, 6.45) is 2.32. The van der Waals surface area contributed by atoms with Crippen LogP contribution in [0.5, 0.6) is 0 Å². The van der Waals surface area contributed by atoms with Crippen molar-refractivity contribution >= 4 is 29.7 Å².